The lowest BCUT2D eigenvalue weighted by Crippen LogP contribution is -2.44. The van der Waals surface area contributed by atoms with Crippen LogP contribution in [0.4, 0.5) is 4.79 Å². The van der Waals surface area contributed by atoms with E-state index in [1.54, 1.807) is 34.4 Å². The van der Waals surface area contributed by atoms with Gasteiger partial charge < -0.3 is 34.5 Å². The number of aliphatic imine (C=N–C) groups is 1. The van der Waals surface area contributed by atoms with E-state index in [1.807, 2.05) is 26.8 Å². The van der Waals surface area contributed by atoms with Gasteiger partial charge in [0.25, 0.3) is 0 Å². The number of carbonyl (C=O) groups excluding carboxylic acids is 1. The molecule has 1 unspecified atom stereocenters. The first-order valence-corrected chi connectivity index (χ1v) is 9.94. The Morgan fingerprint density at radius 3 is 2.33 bits per heavy atom. The molecular formula is C21H34N4O5. The van der Waals surface area contributed by atoms with Crippen molar-refractivity contribution in [3.8, 4) is 17.2 Å². The quantitative estimate of drug-likeness (QED) is 0.537. The lowest BCUT2D eigenvalue weighted by atomic mass is 10.1. The Labute approximate surface area is 178 Å². The Kier molecular flexibility index (Phi) is 8.02. The van der Waals surface area contributed by atoms with Crippen LogP contribution in [-0.2, 0) is 11.3 Å². The molecule has 2 N–H and O–H groups in total. The van der Waals surface area contributed by atoms with E-state index in [0.29, 0.717) is 30.3 Å². The summed E-state index contributed by atoms with van der Waals surface area (Å²) < 4.78 is 21.6. The predicted octanol–water partition coefficient (Wildman–Crippen LogP) is 2.39. The smallest absolute Gasteiger partial charge is 0.407 e. The van der Waals surface area contributed by atoms with Gasteiger partial charge in [-0.05, 0) is 33.3 Å². The average molecular weight is 423 g/mol. The molecule has 168 valence electrons. The maximum absolute atomic E-state index is 12.0. The van der Waals surface area contributed by atoms with Gasteiger partial charge in [-0.3, -0.25) is 4.99 Å². The number of carbonyl (C=O) groups is 1. The standard InChI is InChI=1S/C21H34N4O5/c1-21(2,3)30-20(26)24-15-8-9-25(13-15)19(22-4)23-12-14-10-17(28-6)18(29-7)11-16(14)27-5/h10-11,15H,8-9,12-13H2,1-7H3,(H,22,23)(H,24,26). The van der Waals surface area contributed by atoms with E-state index in [9.17, 15) is 4.79 Å². The van der Waals surface area contributed by atoms with Crippen LogP contribution in [0, 0.1) is 0 Å². The number of ether oxygens (including phenoxy) is 4. The normalized spacial score (nSPS) is 16.8. The Bertz CT molecular complexity index is 760. The van der Waals surface area contributed by atoms with Crippen molar-refractivity contribution < 1.29 is 23.7 Å². The summed E-state index contributed by atoms with van der Waals surface area (Å²) >= 11 is 0. The molecule has 0 spiro atoms. The molecule has 9 heteroatoms. The van der Waals surface area contributed by atoms with Crippen molar-refractivity contribution in [1.82, 2.24) is 15.5 Å². The molecule has 1 atom stereocenters. The number of hydrogen-bond donors (Lipinski definition) is 2. The Balaban J connectivity index is 1.98. The minimum atomic E-state index is -0.515. The fourth-order valence-corrected chi connectivity index (χ4v) is 3.28. The van der Waals surface area contributed by atoms with Crippen LogP contribution in [0.15, 0.2) is 17.1 Å². The molecule has 1 saturated heterocycles. The predicted molar refractivity (Wildman–Crippen MR) is 116 cm³/mol. The van der Waals surface area contributed by atoms with Gasteiger partial charge in [-0.2, -0.15) is 0 Å². The molecule has 2 rings (SSSR count). The van der Waals surface area contributed by atoms with Crippen LogP contribution in [0.3, 0.4) is 0 Å². The number of guanidine groups is 1. The fraction of sp³-hybridized carbons (Fsp3) is 0.619. The number of benzene rings is 1. The van der Waals surface area contributed by atoms with Gasteiger partial charge in [-0.15, -0.1) is 0 Å². The summed E-state index contributed by atoms with van der Waals surface area (Å²) in [6.45, 7) is 7.48. The topological polar surface area (TPSA) is 93.7 Å². The van der Waals surface area contributed by atoms with Crippen LogP contribution in [0.2, 0.25) is 0 Å². The van der Waals surface area contributed by atoms with Crippen LogP contribution in [0.25, 0.3) is 0 Å². The number of amides is 1. The molecule has 0 bridgehead atoms. The van der Waals surface area contributed by atoms with Crippen molar-refractivity contribution in [1.29, 1.82) is 0 Å². The molecule has 9 nitrogen and oxygen atoms in total. The molecule has 0 saturated carbocycles. The van der Waals surface area contributed by atoms with Gasteiger partial charge in [0, 0.05) is 38.3 Å². The summed E-state index contributed by atoms with van der Waals surface area (Å²) in [5.74, 6) is 2.69. The molecule has 0 aliphatic carbocycles. The maximum Gasteiger partial charge on any atom is 0.407 e. The van der Waals surface area contributed by atoms with Gasteiger partial charge in [0.1, 0.15) is 11.4 Å². The van der Waals surface area contributed by atoms with E-state index >= 15 is 0 Å². The first-order chi connectivity index (χ1) is 14.2. The number of likely N-dealkylation sites (tertiary alicyclic amines) is 1. The molecule has 30 heavy (non-hydrogen) atoms. The summed E-state index contributed by atoms with van der Waals surface area (Å²) in [6, 6.07) is 3.69. The third-order valence-corrected chi connectivity index (χ3v) is 4.64. The molecule has 1 aromatic rings. The zero-order chi connectivity index (χ0) is 22.3. The third kappa shape index (κ3) is 6.33. The lowest BCUT2D eigenvalue weighted by molar-refractivity contribution is 0.0507. The Morgan fingerprint density at radius 1 is 1.13 bits per heavy atom. The monoisotopic (exact) mass is 422 g/mol. The maximum atomic E-state index is 12.0. The van der Waals surface area contributed by atoms with E-state index in [1.165, 1.54) is 0 Å². The SMILES string of the molecule is CN=C(NCc1cc(OC)c(OC)cc1OC)N1CCC(NC(=O)OC(C)(C)C)C1. The van der Waals surface area contributed by atoms with Crippen LogP contribution >= 0.6 is 0 Å². The highest BCUT2D eigenvalue weighted by molar-refractivity contribution is 5.80. The second-order valence-electron chi connectivity index (χ2n) is 8.00. The van der Waals surface area contributed by atoms with Crippen molar-refractivity contribution in [3.05, 3.63) is 17.7 Å². The van der Waals surface area contributed by atoms with Gasteiger partial charge in [0.05, 0.1) is 27.4 Å². The first-order valence-electron chi connectivity index (χ1n) is 9.94. The summed E-state index contributed by atoms with van der Waals surface area (Å²) in [5, 5.41) is 6.29. The molecule has 0 radical (unpaired) electrons. The van der Waals surface area contributed by atoms with E-state index in [0.717, 1.165) is 24.5 Å². The zero-order valence-electron chi connectivity index (χ0n) is 19.0. The Hall–Kier alpha value is -2.84. The highest BCUT2D eigenvalue weighted by Gasteiger charge is 2.28. The van der Waals surface area contributed by atoms with Crippen LogP contribution in [0.1, 0.15) is 32.8 Å². The molecule has 0 aromatic heterocycles. The second-order valence-corrected chi connectivity index (χ2v) is 8.00. The zero-order valence-corrected chi connectivity index (χ0v) is 19.0. The number of nitrogens with zero attached hydrogens (tertiary/aromatic N) is 2. The molecule has 1 fully saturated rings. The summed E-state index contributed by atoms with van der Waals surface area (Å²) in [7, 11) is 6.55. The van der Waals surface area contributed by atoms with Crippen LogP contribution in [-0.4, -0.2) is 70.1 Å². The molecule has 1 heterocycles. The first kappa shape index (κ1) is 23.4. The number of hydrogen-bond acceptors (Lipinski definition) is 6. The number of rotatable bonds is 6. The van der Waals surface area contributed by atoms with E-state index < -0.39 is 11.7 Å². The minimum Gasteiger partial charge on any atom is -0.496 e. The third-order valence-electron chi connectivity index (χ3n) is 4.64. The van der Waals surface area contributed by atoms with Gasteiger partial charge in [0.15, 0.2) is 17.5 Å². The minimum absolute atomic E-state index is 0.00835. The summed E-state index contributed by atoms with van der Waals surface area (Å²) in [5.41, 5.74) is 0.400. The van der Waals surface area contributed by atoms with Crippen molar-refractivity contribution in [2.75, 3.05) is 41.5 Å². The molecule has 1 aromatic carbocycles. The fourth-order valence-electron chi connectivity index (χ4n) is 3.28. The highest BCUT2D eigenvalue weighted by atomic mass is 16.6. The van der Waals surface area contributed by atoms with E-state index in [-0.39, 0.29) is 6.04 Å². The van der Waals surface area contributed by atoms with Crippen LogP contribution < -0.4 is 24.8 Å². The van der Waals surface area contributed by atoms with Gasteiger partial charge in [0.2, 0.25) is 0 Å². The largest absolute Gasteiger partial charge is 0.496 e. The summed E-state index contributed by atoms with van der Waals surface area (Å²) in [4.78, 5) is 18.5. The lowest BCUT2D eigenvalue weighted by Gasteiger charge is -2.24. The van der Waals surface area contributed by atoms with Crippen LogP contribution in [0.5, 0.6) is 17.2 Å². The molecule has 1 aliphatic heterocycles. The molecule has 1 amide bonds. The highest BCUT2D eigenvalue weighted by Crippen LogP contribution is 2.34. The molecular weight excluding hydrogens is 388 g/mol. The van der Waals surface area contributed by atoms with Crippen molar-refractivity contribution in [2.45, 2.75) is 45.4 Å². The summed E-state index contributed by atoms with van der Waals surface area (Å²) in [6.07, 6.45) is 0.423. The van der Waals surface area contributed by atoms with Crippen molar-refractivity contribution in [2.24, 2.45) is 4.99 Å². The van der Waals surface area contributed by atoms with Gasteiger partial charge in [-0.25, -0.2) is 4.79 Å². The van der Waals surface area contributed by atoms with E-state index in [4.69, 9.17) is 18.9 Å². The Morgan fingerprint density at radius 2 is 1.77 bits per heavy atom. The molecule has 1 aliphatic rings. The average Bonchev–Trinajstić information content (AvgIpc) is 3.14. The van der Waals surface area contributed by atoms with Gasteiger partial charge >= 0.3 is 6.09 Å². The number of nitrogens with one attached hydrogen (secondary N) is 2. The van der Waals surface area contributed by atoms with E-state index in [2.05, 4.69) is 20.5 Å². The van der Waals surface area contributed by atoms with Crippen molar-refractivity contribution in [3.63, 3.8) is 0 Å². The second kappa shape index (κ2) is 10.3. The number of methoxy groups -OCH3 is 3. The van der Waals surface area contributed by atoms with Crippen molar-refractivity contribution >= 4 is 12.1 Å². The number of alkyl carbamates (subject to hydrolysis) is 1. The van der Waals surface area contributed by atoms with Gasteiger partial charge in [-0.1, -0.05) is 0 Å².